The van der Waals surface area contributed by atoms with Crippen molar-refractivity contribution in [3.63, 3.8) is 0 Å². The highest BCUT2D eigenvalue weighted by Gasteiger charge is 2.19. The minimum Gasteiger partial charge on any atom is -0.294 e. The predicted molar refractivity (Wildman–Crippen MR) is 70.4 cm³/mol. The summed E-state index contributed by atoms with van der Waals surface area (Å²) in [5.74, 6) is 3.15. The summed E-state index contributed by atoms with van der Waals surface area (Å²) >= 11 is 8.00. The SMILES string of the molecule is O=C(CC1CCSCC1)c1ccccc1Cl. The average Bonchev–Trinajstić information content (AvgIpc) is 2.31. The maximum absolute atomic E-state index is 12.0. The first kappa shape index (κ1) is 12.0. The van der Waals surface area contributed by atoms with E-state index in [4.69, 9.17) is 11.6 Å². The Bertz CT molecular complexity index is 372. The lowest BCUT2D eigenvalue weighted by Gasteiger charge is -2.20. The maximum atomic E-state index is 12.0. The fourth-order valence-corrected chi connectivity index (χ4v) is 3.46. The highest BCUT2D eigenvalue weighted by atomic mass is 35.5. The zero-order valence-corrected chi connectivity index (χ0v) is 10.7. The summed E-state index contributed by atoms with van der Waals surface area (Å²) in [7, 11) is 0. The lowest BCUT2D eigenvalue weighted by atomic mass is 9.93. The summed E-state index contributed by atoms with van der Waals surface area (Å²) in [6.45, 7) is 0. The molecule has 0 aromatic heterocycles. The molecule has 1 fully saturated rings. The van der Waals surface area contributed by atoms with Crippen LogP contribution < -0.4 is 0 Å². The first-order valence-electron chi connectivity index (χ1n) is 5.63. The van der Waals surface area contributed by atoms with E-state index in [-0.39, 0.29) is 5.78 Å². The van der Waals surface area contributed by atoms with Crippen LogP contribution in [-0.4, -0.2) is 17.3 Å². The van der Waals surface area contributed by atoms with E-state index in [9.17, 15) is 4.79 Å². The number of Topliss-reactive ketones (excluding diaryl/α,β-unsaturated/α-hetero) is 1. The second-order valence-electron chi connectivity index (χ2n) is 4.16. The van der Waals surface area contributed by atoms with Gasteiger partial charge in [0.1, 0.15) is 0 Å². The van der Waals surface area contributed by atoms with Crippen LogP contribution >= 0.6 is 23.4 Å². The van der Waals surface area contributed by atoms with Gasteiger partial charge in [0, 0.05) is 12.0 Å². The van der Waals surface area contributed by atoms with E-state index < -0.39 is 0 Å². The molecule has 0 atom stereocenters. The van der Waals surface area contributed by atoms with Crippen molar-refractivity contribution in [3.05, 3.63) is 34.9 Å². The van der Waals surface area contributed by atoms with Crippen molar-refractivity contribution in [2.24, 2.45) is 5.92 Å². The average molecular weight is 255 g/mol. The third-order valence-electron chi connectivity index (χ3n) is 2.99. The van der Waals surface area contributed by atoms with Gasteiger partial charge in [0.2, 0.25) is 0 Å². The number of carbonyl (C=O) groups is 1. The summed E-state index contributed by atoms with van der Waals surface area (Å²) in [6.07, 6.45) is 2.99. The largest absolute Gasteiger partial charge is 0.294 e. The van der Waals surface area contributed by atoms with Gasteiger partial charge in [0.15, 0.2) is 5.78 Å². The van der Waals surface area contributed by atoms with Crippen molar-refractivity contribution in [1.82, 2.24) is 0 Å². The van der Waals surface area contributed by atoms with Gasteiger partial charge >= 0.3 is 0 Å². The van der Waals surface area contributed by atoms with Crippen molar-refractivity contribution in [2.75, 3.05) is 11.5 Å². The molecule has 86 valence electrons. The number of halogens is 1. The van der Waals surface area contributed by atoms with E-state index in [1.807, 2.05) is 30.0 Å². The van der Waals surface area contributed by atoms with Crippen LogP contribution in [0.15, 0.2) is 24.3 Å². The molecule has 1 heterocycles. The van der Waals surface area contributed by atoms with Crippen molar-refractivity contribution < 1.29 is 4.79 Å². The van der Waals surface area contributed by atoms with Gasteiger partial charge in [-0.15, -0.1) is 0 Å². The van der Waals surface area contributed by atoms with E-state index in [1.165, 1.54) is 24.3 Å². The quantitative estimate of drug-likeness (QED) is 0.757. The molecule has 0 unspecified atom stereocenters. The fourth-order valence-electron chi connectivity index (χ4n) is 2.01. The molecule has 1 aromatic rings. The number of carbonyl (C=O) groups excluding carboxylic acids is 1. The summed E-state index contributed by atoms with van der Waals surface area (Å²) in [6, 6.07) is 7.33. The molecule has 0 N–H and O–H groups in total. The number of hydrogen-bond donors (Lipinski definition) is 0. The molecule has 0 aliphatic carbocycles. The fraction of sp³-hybridized carbons (Fsp3) is 0.462. The second kappa shape index (κ2) is 5.74. The molecule has 1 nitrogen and oxygen atoms in total. The van der Waals surface area contributed by atoms with Crippen LogP contribution in [0.4, 0.5) is 0 Å². The van der Waals surface area contributed by atoms with Gasteiger partial charge in [-0.1, -0.05) is 23.7 Å². The lowest BCUT2D eigenvalue weighted by molar-refractivity contribution is 0.0959. The molecule has 0 radical (unpaired) electrons. The molecule has 1 aliphatic heterocycles. The zero-order valence-electron chi connectivity index (χ0n) is 9.12. The number of thioether (sulfide) groups is 1. The minimum absolute atomic E-state index is 0.197. The van der Waals surface area contributed by atoms with Gasteiger partial charge < -0.3 is 0 Å². The summed E-state index contributed by atoms with van der Waals surface area (Å²) in [5.41, 5.74) is 0.683. The van der Waals surface area contributed by atoms with Crippen molar-refractivity contribution >= 4 is 29.1 Å². The first-order chi connectivity index (χ1) is 7.77. The van der Waals surface area contributed by atoms with Crippen LogP contribution in [0.3, 0.4) is 0 Å². The van der Waals surface area contributed by atoms with Gasteiger partial charge in [-0.2, -0.15) is 11.8 Å². The molecule has 0 saturated carbocycles. The molecular formula is C13H15ClOS. The topological polar surface area (TPSA) is 17.1 Å². The predicted octanol–water partition coefficient (Wildman–Crippen LogP) is 4.06. The van der Waals surface area contributed by atoms with E-state index in [0.717, 1.165) is 0 Å². The van der Waals surface area contributed by atoms with Crippen LogP contribution in [0.2, 0.25) is 5.02 Å². The summed E-state index contributed by atoms with van der Waals surface area (Å²) in [4.78, 5) is 12.0. The highest BCUT2D eigenvalue weighted by molar-refractivity contribution is 7.99. The molecule has 0 amide bonds. The molecule has 2 rings (SSSR count). The van der Waals surface area contributed by atoms with E-state index in [2.05, 4.69) is 0 Å². The van der Waals surface area contributed by atoms with E-state index >= 15 is 0 Å². The van der Waals surface area contributed by atoms with E-state index in [1.54, 1.807) is 6.07 Å². The Balaban J connectivity index is 2.00. The van der Waals surface area contributed by atoms with Crippen LogP contribution in [0.1, 0.15) is 29.6 Å². The Morgan fingerprint density at radius 3 is 2.69 bits per heavy atom. The van der Waals surface area contributed by atoms with Crippen molar-refractivity contribution in [1.29, 1.82) is 0 Å². The molecular weight excluding hydrogens is 240 g/mol. The van der Waals surface area contributed by atoms with Crippen LogP contribution in [0.5, 0.6) is 0 Å². The summed E-state index contributed by atoms with van der Waals surface area (Å²) < 4.78 is 0. The molecule has 3 heteroatoms. The molecule has 0 bridgehead atoms. The summed E-state index contributed by atoms with van der Waals surface area (Å²) in [5, 5.41) is 0.581. The van der Waals surface area contributed by atoms with Crippen LogP contribution in [-0.2, 0) is 0 Å². The Morgan fingerprint density at radius 1 is 1.31 bits per heavy atom. The Kier molecular flexibility index (Phi) is 4.30. The molecule has 16 heavy (non-hydrogen) atoms. The third kappa shape index (κ3) is 3.02. The molecule has 1 aliphatic rings. The standard InChI is InChI=1S/C13H15ClOS/c14-12-4-2-1-3-11(12)13(15)9-10-5-7-16-8-6-10/h1-4,10H,5-9H2. The zero-order chi connectivity index (χ0) is 11.4. The van der Waals surface area contributed by atoms with Crippen molar-refractivity contribution in [3.8, 4) is 0 Å². The monoisotopic (exact) mass is 254 g/mol. The van der Waals surface area contributed by atoms with Gasteiger partial charge in [-0.05, 0) is 42.4 Å². The lowest BCUT2D eigenvalue weighted by Crippen LogP contribution is -2.14. The molecule has 1 aromatic carbocycles. The van der Waals surface area contributed by atoms with E-state index in [0.29, 0.717) is 22.9 Å². The number of ketones is 1. The van der Waals surface area contributed by atoms with Gasteiger partial charge in [0.25, 0.3) is 0 Å². The highest BCUT2D eigenvalue weighted by Crippen LogP contribution is 2.27. The van der Waals surface area contributed by atoms with Crippen molar-refractivity contribution in [2.45, 2.75) is 19.3 Å². The smallest absolute Gasteiger partial charge is 0.164 e. The van der Waals surface area contributed by atoms with Gasteiger partial charge in [-0.25, -0.2) is 0 Å². The second-order valence-corrected chi connectivity index (χ2v) is 5.79. The normalized spacial score (nSPS) is 17.3. The minimum atomic E-state index is 0.197. The number of hydrogen-bond acceptors (Lipinski definition) is 2. The Hall–Kier alpha value is -0.470. The number of rotatable bonds is 3. The number of benzene rings is 1. The Labute approximate surface area is 106 Å². The molecule has 1 saturated heterocycles. The Morgan fingerprint density at radius 2 is 2.00 bits per heavy atom. The maximum Gasteiger partial charge on any atom is 0.164 e. The third-order valence-corrected chi connectivity index (χ3v) is 4.37. The van der Waals surface area contributed by atoms with Gasteiger partial charge in [0.05, 0.1) is 5.02 Å². The van der Waals surface area contributed by atoms with Gasteiger partial charge in [-0.3, -0.25) is 4.79 Å². The first-order valence-corrected chi connectivity index (χ1v) is 7.16. The van der Waals surface area contributed by atoms with Crippen LogP contribution in [0.25, 0.3) is 0 Å². The van der Waals surface area contributed by atoms with Crippen LogP contribution in [0, 0.1) is 5.92 Å². The molecule has 0 spiro atoms.